The van der Waals surface area contributed by atoms with Crippen molar-refractivity contribution in [2.45, 2.75) is 38.9 Å². The lowest BCUT2D eigenvalue weighted by atomic mass is 9.77. The van der Waals surface area contributed by atoms with E-state index in [1.807, 2.05) is 27.7 Å². The summed E-state index contributed by atoms with van der Waals surface area (Å²) in [4.78, 5) is 11.1. The van der Waals surface area contributed by atoms with Crippen molar-refractivity contribution >= 4 is 18.9 Å². The topological polar surface area (TPSA) is 54.0 Å². The van der Waals surface area contributed by atoms with Crippen molar-refractivity contribution in [3.8, 4) is 11.5 Å². The molecule has 0 bridgehead atoms. The first-order valence-corrected chi connectivity index (χ1v) is 6.58. The van der Waals surface area contributed by atoms with Gasteiger partial charge in [-0.25, -0.2) is 0 Å². The minimum Gasteiger partial charge on any atom is -0.454 e. The van der Waals surface area contributed by atoms with Gasteiger partial charge in [-0.2, -0.15) is 0 Å². The molecular weight excluding hydrogens is 259 g/mol. The maximum Gasteiger partial charge on any atom is 0.498 e. The van der Waals surface area contributed by atoms with Gasteiger partial charge in [-0.05, 0) is 39.8 Å². The molecule has 5 nitrogen and oxygen atoms in total. The Labute approximate surface area is 118 Å². The van der Waals surface area contributed by atoms with Crippen LogP contribution in [0.3, 0.4) is 0 Å². The van der Waals surface area contributed by atoms with Crippen molar-refractivity contribution in [3.05, 3.63) is 17.7 Å². The zero-order valence-corrected chi connectivity index (χ0v) is 12.1. The quantitative estimate of drug-likeness (QED) is 0.605. The monoisotopic (exact) mass is 276 g/mol. The molecule has 106 valence electrons. The molecule has 20 heavy (non-hydrogen) atoms. The predicted molar refractivity (Wildman–Crippen MR) is 73.7 cm³/mol. The van der Waals surface area contributed by atoms with E-state index in [1.165, 1.54) is 0 Å². The molecule has 1 saturated heterocycles. The van der Waals surface area contributed by atoms with Crippen LogP contribution in [0.4, 0.5) is 0 Å². The van der Waals surface area contributed by atoms with Gasteiger partial charge in [0.2, 0.25) is 6.79 Å². The van der Waals surface area contributed by atoms with Gasteiger partial charge in [0.1, 0.15) is 6.29 Å². The Hall–Kier alpha value is -1.53. The summed E-state index contributed by atoms with van der Waals surface area (Å²) in [6, 6.07) is 3.38. The first-order chi connectivity index (χ1) is 9.34. The van der Waals surface area contributed by atoms with Gasteiger partial charge in [-0.3, -0.25) is 4.79 Å². The lowest BCUT2D eigenvalue weighted by Crippen LogP contribution is -2.41. The molecule has 1 aromatic rings. The van der Waals surface area contributed by atoms with Crippen LogP contribution >= 0.6 is 0 Å². The number of hydrogen-bond acceptors (Lipinski definition) is 5. The minimum atomic E-state index is -0.574. The highest BCUT2D eigenvalue weighted by atomic mass is 16.7. The van der Waals surface area contributed by atoms with Crippen LogP contribution in [0, 0.1) is 0 Å². The third kappa shape index (κ3) is 1.91. The number of carbonyl (C=O) groups excluding carboxylic acids is 1. The number of carbonyl (C=O) groups is 1. The number of hydrogen-bond donors (Lipinski definition) is 0. The van der Waals surface area contributed by atoms with Gasteiger partial charge in [0.05, 0.1) is 11.2 Å². The highest BCUT2D eigenvalue weighted by Gasteiger charge is 2.53. The molecule has 1 aromatic carbocycles. The van der Waals surface area contributed by atoms with Gasteiger partial charge in [-0.15, -0.1) is 0 Å². The molecule has 0 atom stereocenters. The Bertz CT molecular complexity index is 551. The van der Waals surface area contributed by atoms with Gasteiger partial charge >= 0.3 is 7.12 Å². The molecule has 3 rings (SSSR count). The van der Waals surface area contributed by atoms with E-state index in [-0.39, 0.29) is 6.79 Å². The fraction of sp³-hybridized carbons (Fsp3) is 0.500. The molecule has 0 aliphatic carbocycles. The maximum absolute atomic E-state index is 11.1. The van der Waals surface area contributed by atoms with Crippen molar-refractivity contribution in [2.75, 3.05) is 6.79 Å². The van der Waals surface area contributed by atoms with Crippen molar-refractivity contribution in [1.29, 1.82) is 0 Å². The molecule has 0 amide bonds. The van der Waals surface area contributed by atoms with E-state index < -0.39 is 18.3 Å². The van der Waals surface area contributed by atoms with Crippen LogP contribution in [-0.2, 0) is 9.31 Å². The van der Waals surface area contributed by atoms with Gasteiger partial charge in [0.25, 0.3) is 0 Å². The average molecular weight is 276 g/mol. The van der Waals surface area contributed by atoms with E-state index in [0.717, 1.165) is 6.29 Å². The van der Waals surface area contributed by atoms with Gasteiger partial charge in [0.15, 0.2) is 11.5 Å². The smallest absolute Gasteiger partial charge is 0.454 e. The van der Waals surface area contributed by atoms with Crippen LogP contribution in [0.5, 0.6) is 11.5 Å². The molecule has 1 fully saturated rings. The van der Waals surface area contributed by atoms with Gasteiger partial charge in [-0.1, -0.05) is 0 Å². The Morgan fingerprint density at radius 2 is 1.75 bits per heavy atom. The summed E-state index contributed by atoms with van der Waals surface area (Å²) in [6.07, 6.45) is 0.775. The normalized spacial score (nSPS) is 22.1. The number of fused-ring (bicyclic) bond motifs is 1. The predicted octanol–water partition coefficient (Wildman–Crippen LogP) is 1.53. The van der Waals surface area contributed by atoms with Gasteiger partial charge in [0, 0.05) is 11.0 Å². The molecule has 0 aromatic heterocycles. The molecule has 0 spiro atoms. The summed E-state index contributed by atoms with van der Waals surface area (Å²) >= 11 is 0. The minimum absolute atomic E-state index is 0.143. The van der Waals surface area contributed by atoms with E-state index in [9.17, 15) is 4.79 Å². The summed E-state index contributed by atoms with van der Waals surface area (Å²) in [5, 5.41) is 0. The summed E-state index contributed by atoms with van der Waals surface area (Å²) in [7, 11) is -0.574. The molecule has 2 heterocycles. The number of rotatable bonds is 2. The van der Waals surface area contributed by atoms with E-state index in [2.05, 4.69) is 0 Å². The maximum atomic E-state index is 11.1. The average Bonchev–Trinajstić information content (AvgIpc) is 2.90. The van der Waals surface area contributed by atoms with Crippen LogP contribution in [0.1, 0.15) is 38.1 Å². The fourth-order valence-corrected chi connectivity index (χ4v) is 2.27. The zero-order valence-electron chi connectivity index (χ0n) is 12.1. The lowest BCUT2D eigenvalue weighted by Gasteiger charge is -2.32. The van der Waals surface area contributed by atoms with E-state index >= 15 is 0 Å². The second kappa shape index (κ2) is 4.23. The van der Waals surface area contributed by atoms with Crippen molar-refractivity contribution in [2.24, 2.45) is 0 Å². The number of ether oxygens (including phenoxy) is 2. The molecule has 0 N–H and O–H groups in total. The van der Waals surface area contributed by atoms with Crippen molar-refractivity contribution in [1.82, 2.24) is 0 Å². The van der Waals surface area contributed by atoms with E-state index in [0.29, 0.717) is 22.5 Å². The van der Waals surface area contributed by atoms with Crippen LogP contribution in [0.2, 0.25) is 0 Å². The fourth-order valence-electron chi connectivity index (χ4n) is 2.27. The third-order valence-electron chi connectivity index (χ3n) is 4.17. The summed E-state index contributed by atoms with van der Waals surface area (Å²) in [6.45, 7) is 8.06. The SMILES string of the molecule is CC1(C)OB(c2cc(C=O)cc3c2OCO3)OC1(C)C. The first-order valence-electron chi connectivity index (χ1n) is 6.58. The summed E-state index contributed by atoms with van der Waals surface area (Å²) in [5.41, 5.74) is 0.322. The highest BCUT2D eigenvalue weighted by molar-refractivity contribution is 6.63. The number of benzene rings is 1. The molecule has 0 saturated carbocycles. The lowest BCUT2D eigenvalue weighted by molar-refractivity contribution is 0.00578. The number of aldehydes is 1. The van der Waals surface area contributed by atoms with Crippen molar-refractivity contribution < 1.29 is 23.6 Å². The standard InChI is InChI=1S/C14H17BO5/c1-13(2)14(3,4)20-15(19-13)10-5-9(7-16)6-11-12(10)18-8-17-11/h5-7H,8H2,1-4H3. The molecule has 0 unspecified atom stereocenters. The van der Waals surface area contributed by atoms with Crippen LogP contribution in [0.15, 0.2) is 12.1 Å². The Morgan fingerprint density at radius 1 is 1.10 bits per heavy atom. The molecule has 2 aliphatic rings. The van der Waals surface area contributed by atoms with Crippen molar-refractivity contribution in [3.63, 3.8) is 0 Å². The van der Waals surface area contributed by atoms with Gasteiger partial charge < -0.3 is 18.8 Å². The third-order valence-corrected chi connectivity index (χ3v) is 4.17. The van der Waals surface area contributed by atoms with E-state index in [4.69, 9.17) is 18.8 Å². The Kier molecular flexibility index (Phi) is 2.85. The Morgan fingerprint density at radius 3 is 2.35 bits per heavy atom. The molecule has 2 aliphatic heterocycles. The highest BCUT2D eigenvalue weighted by Crippen LogP contribution is 2.39. The second-order valence-electron chi connectivity index (χ2n) is 6.05. The Balaban J connectivity index is 2.04. The first kappa shape index (κ1) is 13.5. The summed E-state index contributed by atoms with van der Waals surface area (Å²) < 4.78 is 22.8. The summed E-state index contributed by atoms with van der Waals surface area (Å²) in [5.74, 6) is 1.15. The second-order valence-corrected chi connectivity index (χ2v) is 6.05. The molecular formula is C14H17BO5. The molecule has 0 radical (unpaired) electrons. The van der Waals surface area contributed by atoms with E-state index in [1.54, 1.807) is 12.1 Å². The van der Waals surface area contributed by atoms with Crippen LogP contribution in [-0.4, -0.2) is 31.4 Å². The largest absolute Gasteiger partial charge is 0.498 e. The molecule has 6 heteroatoms. The zero-order chi connectivity index (χ0) is 14.5. The van der Waals surface area contributed by atoms with Crippen LogP contribution in [0.25, 0.3) is 0 Å². The van der Waals surface area contributed by atoms with Crippen LogP contribution < -0.4 is 14.9 Å².